The number of piperidine rings is 1. The molecule has 2 saturated heterocycles. The molecule has 0 bridgehead atoms. The zero-order valence-corrected chi connectivity index (χ0v) is 22.1. The molecular weight excluding hydrogens is 582 g/mol. The zero-order valence-electron chi connectivity index (χ0n) is 20.4. The molecule has 2 aliphatic rings. The number of thioether (sulfide) groups is 1. The first kappa shape index (κ1) is 28.3. The molecule has 1 N–H and O–H groups in total. The van der Waals surface area contributed by atoms with Gasteiger partial charge in [0.05, 0.1) is 16.0 Å². The van der Waals surface area contributed by atoms with Crippen LogP contribution < -0.4 is 0 Å². The van der Waals surface area contributed by atoms with E-state index in [0.717, 1.165) is 31.4 Å². The van der Waals surface area contributed by atoms with Gasteiger partial charge < -0.3 is 9.32 Å². The third-order valence-corrected chi connectivity index (χ3v) is 7.89. The van der Waals surface area contributed by atoms with E-state index in [9.17, 15) is 31.1 Å². The number of benzene rings is 1. The number of nitrogens with zero attached hydrogens (tertiary/aromatic N) is 5. The molecule has 3 aromatic rings. The van der Waals surface area contributed by atoms with Crippen molar-refractivity contribution in [2.45, 2.75) is 37.7 Å². The summed E-state index contributed by atoms with van der Waals surface area (Å²) in [6, 6.07) is 3.76. The fraction of sp³-hybridized carbons (Fsp3) is 0.375. The van der Waals surface area contributed by atoms with Gasteiger partial charge in [-0.2, -0.15) is 31.6 Å². The minimum Gasteiger partial charge on any atom is -0.457 e. The fourth-order valence-electron chi connectivity index (χ4n) is 4.55. The van der Waals surface area contributed by atoms with E-state index >= 15 is 0 Å². The Morgan fingerprint density at radius 1 is 1.07 bits per heavy atom. The normalized spacial score (nSPS) is 18.9. The number of H-pyrrole nitrogens is 1. The number of likely N-dealkylation sites (tertiary alicyclic amines) is 1. The van der Waals surface area contributed by atoms with Crippen LogP contribution in [0, 0.1) is 0 Å². The monoisotopic (exact) mass is 602 g/mol. The number of carbonyl (C=O) groups is 1. The second-order valence-electron chi connectivity index (χ2n) is 9.20. The van der Waals surface area contributed by atoms with Gasteiger partial charge in [0.15, 0.2) is 5.82 Å². The Morgan fingerprint density at radius 2 is 1.75 bits per heavy atom. The number of rotatable bonds is 6. The number of alkyl halides is 6. The van der Waals surface area contributed by atoms with Crippen LogP contribution in [0.25, 0.3) is 17.4 Å². The van der Waals surface area contributed by atoms with Crippen molar-refractivity contribution in [1.82, 2.24) is 30.4 Å². The van der Waals surface area contributed by atoms with Crippen molar-refractivity contribution in [3.8, 4) is 11.3 Å². The molecule has 1 aromatic carbocycles. The van der Waals surface area contributed by atoms with Gasteiger partial charge in [0.2, 0.25) is 0 Å². The lowest BCUT2D eigenvalue weighted by atomic mass is 10.0. The number of thiocarbonyl (C=S) groups is 1. The maximum atomic E-state index is 13.2. The maximum Gasteiger partial charge on any atom is 0.416 e. The number of furan rings is 1. The van der Waals surface area contributed by atoms with Gasteiger partial charge in [-0.1, -0.05) is 29.2 Å². The highest BCUT2D eigenvalue weighted by molar-refractivity contribution is 8.26. The molecule has 0 aliphatic carbocycles. The Hall–Kier alpha value is -3.24. The molecule has 5 rings (SSSR count). The molecule has 40 heavy (non-hydrogen) atoms. The number of aromatic nitrogens is 4. The molecule has 212 valence electrons. The van der Waals surface area contributed by atoms with Crippen LogP contribution in [-0.4, -0.2) is 66.3 Å². The summed E-state index contributed by atoms with van der Waals surface area (Å²) in [6.45, 7) is 2.25. The van der Waals surface area contributed by atoms with Crippen molar-refractivity contribution in [2.75, 3.05) is 19.6 Å². The SMILES string of the molecule is O=C1C(=Cc2ccc(-c3cc(C(F)(F)F)cc(C(F)(F)F)c3)o2)SC(=S)N1C1CCN(CCc2nn[nH]n2)CC1. The number of amides is 1. The van der Waals surface area contributed by atoms with Gasteiger partial charge in [-0.05, 0) is 43.2 Å². The second-order valence-corrected chi connectivity index (χ2v) is 10.9. The van der Waals surface area contributed by atoms with Crippen LogP contribution in [0.5, 0.6) is 0 Å². The average Bonchev–Trinajstić information content (AvgIpc) is 3.64. The number of tetrazole rings is 1. The average molecular weight is 603 g/mol. The van der Waals surface area contributed by atoms with E-state index in [0.29, 0.717) is 41.5 Å². The van der Waals surface area contributed by atoms with E-state index in [-0.39, 0.29) is 40.0 Å². The van der Waals surface area contributed by atoms with E-state index in [2.05, 4.69) is 25.5 Å². The van der Waals surface area contributed by atoms with Gasteiger partial charge in [-0.15, -0.1) is 10.2 Å². The van der Waals surface area contributed by atoms with E-state index in [1.54, 1.807) is 4.90 Å². The minimum atomic E-state index is -4.98. The summed E-state index contributed by atoms with van der Waals surface area (Å²) >= 11 is 6.52. The third kappa shape index (κ3) is 6.23. The first-order valence-corrected chi connectivity index (χ1v) is 13.2. The maximum absolute atomic E-state index is 13.2. The summed E-state index contributed by atoms with van der Waals surface area (Å²) in [4.78, 5) is 17.2. The highest BCUT2D eigenvalue weighted by Gasteiger charge is 2.39. The topological polar surface area (TPSA) is 91.2 Å². The zero-order chi connectivity index (χ0) is 28.7. The van der Waals surface area contributed by atoms with Gasteiger partial charge in [-0.25, -0.2) is 0 Å². The second kappa shape index (κ2) is 11.0. The van der Waals surface area contributed by atoms with E-state index in [1.165, 1.54) is 18.2 Å². The fourth-order valence-corrected chi connectivity index (χ4v) is 5.93. The highest BCUT2D eigenvalue weighted by Crippen LogP contribution is 2.40. The summed E-state index contributed by atoms with van der Waals surface area (Å²) in [5.41, 5.74) is -3.28. The van der Waals surface area contributed by atoms with Gasteiger partial charge >= 0.3 is 12.4 Å². The third-order valence-electron chi connectivity index (χ3n) is 6.56. The van der Waals surface area contributed by atoms with Crippen molar-refractivity contribution >= 4 is 40.3 Å². The van der Waals surface area contributed by atoms with Crippen molar-refractivity contribution < 1.29 is 35.6 Å². The van der Waals surface area contributed by atoms with Crippen molar-refractivity contribution in [3.05, 3.63) is 57.9 Å². The van der Waals surface area contributed by atoms with Gasteiger partial charge in [0, 0.05) is 43.7 Å². The molecular formula is C24H20F6N6O2S2. The van der Waals surface area contributed by atoms with Crippen molar-refractivity contribution in [2.24, 2.45) is 0 Å². The molecule has 2 aromatic heterocycles. The Labute approximate surface area is 232 Å². The van der Waals surface area contributed by atoms with E-state index in [4.69, 9.17) is 16.6 Å². The predicted octanol–water partition coefficient (Wildman–Crippen LogP) is 5.41. The number of hydrogen-bond donors (Lipinski definition) is 1. The van der Waals surface area contributed by atoms with Crippen LogP contribution in [0.2, 0.25) is 0 Å². The van der Waals surface area contributed by atoms with Crippen LogP contribution in [0.4, 0.5) is 26.3 Å². The Bertz CT molecular complexity index is 1400. The Balaban J connectivity index is 1.28. The number of nitrogens with one attached hydrogen (secondary N) is 1. The Kier molecular flexibility index (Phi) is 7.76. The summed E-state index contributed by atoms with van der Waals surface area (Å²) in [7, 11) is 0. The number of carbonyl (C=O) groups excluding carboxylic acids is 1. The number of halogens is 6. The standard InChI is InChI=1S/C24H20F6N6O2S2/c25-23(26,27)14-9-13(10-15(11-14)24(28,29)30)18-2-1-17(38-18)12-19-21(37)36(22(39)40-19)16-3-6-35(7-4-16)8-5-20-31-33-34-32-20/h1-2,9-12,16H,3-8H2,(H,31,32,33,34). The smallest absolute Gasteiger partial charge is 0.416 e. The van der Waals surface area contributed by atoms with Gasteiger partial charge in [-0.3, -0.25) is 9.69 Å². The summed E-state index contributed by atoms with van der Waals surface area (Å²) in [5, 5.41) is 13.8. The quantitative estimate of drug-likeness (QED) is 0.228. The highest BCUT2D eigenvalue weighted by atomic mass is 32.2. The van der Waals surface area contributed by atoms with Crippen molar-refractivity contribution in [3.63, 3.8) is 0 Å². The summed E-state index contributed by atoms with van der Waals surface area (Å²) in [5.74, 6) is 0.194. The van der Waals surface area contributed by atoms with Crippen LogP contribution in [0.3, 0.4) is 0 Å². The van der Waals surface area contributed by atoms with Crippen LogP contribution in [-0.2, 0) is 23.6 Å². The molecule has 0 unspecified atom stereocenters. The molecule has 0 atom stereocenters. The molecule has 0 radical (unpaired) electrons. The van der Waals surface area contributed by atoms with Crippen LogP contribution in [0.1, 0.15) is 35.6 Å². The Morgan fingerprint density at radius 3 is 2.35 bits per heavy atom. The largest absolute Gasteiger partial charge is 0.457 e. The van der Waals surface area contributed by atoms with Crippen LogP contribution >= 0.6 is 24.0 Å². The first-order valence-electron chi connectivity index (χ1n) is 12.0. The van der Waals surface area contributed by atoms with Gasteiger partial charge in [0.25, 0.3) is 5.91 Å². The molecule has 16 heteroatoms. The molecule has 0 saturated carbocycles. The van der Waals surface area contributed by atoms with Crippen molar-refractivity contribution in [1.29, 1.82) is 0 Å². The predicted molar refractivity (Wildman–Crippen MR) is 137 cm³/mol. The minimum absolute atomic E-state index is 0.0527. The lowest BCUT2D eigenvalue weighted by Gasteiger charge is -2.35. The van der Waals surface area contributed by atoms with E-state index < -0.39 is 23.5 Å². The molecule has 2 fully saturated rings. The summed E-state index contributed by atoms with van der Waals surface area (Å²) in [6.07, 6.45) is -6.52. The molecule has 2 aliphatic heterocycles. The van der Waals surface area contributed by atoms with Crippen LogP contribution in [0.15, 0.2) is 39.7 Å². The molecule has 1 amide bonds. The molecule has 8 nitrogen and oxygen atoms in total. The van der Waals surface area contributed by atoms with E-state index in [1.807, 2.05) is 0 Å². The lowest BCUT2D eigenvalue weighted by molar-refractivity contribution is -0.143. The molecule has 4 heterocycles. The lowest BCUT2D eigenvalue weighted by Crippen LogP contribution is -2.47. The first-order chi connectivity index (χ1) is 18.9. The number of hydrogen-bond acceptors (Lipinski definition) is 8. The molecule has 0 spiro atoms. The summed E-state index contributed by atoms with van der Waals surface area (Å²) < 4.78 is 85.4. The van der Waals surface area contributed by atoms with Gasteiger partial charge in [0.1, 0.15) is 15.8 Å². The number of aromatic amines is 1.